The van der Waals surface area contributed by atoms with Gasteiger partial charge in [-0.15, -0.1) is 0 Å². The highest BCUT2D eigenvalue weighted by molar-refractivity contribution is 6.34. The van der Waals surface area contributed by atoms with Crippen molar-refractivity contribution in [2.75, 3.05) is 7.11 Å². The topological polar surface area (TPSA) is 92.5 Å². The molecule has 0 radical (unpaired) electrons. The molecule has 0 saturated carbocycles. The first kappa shape index (κ1) is 18.3. The lowest BCUT2D eigenvalue weighted by molar-refractivity contribution is 0.0999. The van der Waals surface area contributed by atoms with Gasteiger partial charge in [-0.1, -0.05) is 37.0 Å². The van der Waals surface area contributed by atoms with Crippen LogP contribution >= 0.6 is 23.2 Å². The third kappa shape index (κ3) is 3.27. The van der Waals surface area contributed by atoms with E-state index < -0.39 is 5.91 Å². The number of carbonyl (C=O) groups excluding carboxylic acids is 1. The molecule has 7 nitrogen and oxygen atoms in total. The van der Waals surface area contributed by atoms with Crippen molar-refractivity contribution < 1.29 is 14.7 Å². The SMILES string of the molecule is COc1ccc(C(=O)N=c2c(Cl)cn(O)cc2Cl)c2nc(C(C)C)[nH]c12. The summed E-state index contributed by atoms with van der Waals surface area (Å²) >= 11 is 12.0. The first-order valence-electron chi connectivity index (χ1n) is 7.74. The monoisotopic (exact) mass is 394 g/mol. The predicted molar refractivity (Wildman–Crippen MR) is 98.3 cm³/mol. The minimum absolute atomic E-state index is 0.0444. The summed E-state index contributed by atoms with van der Waals surface area (Å²) < 4.78 is 6.04. The number of methoxy groups -OCH3 is 1. The molecule has 0 fully saturated rings. The summed E-state index contributed by atoms with van der Waals surface area (Å²) in [6, 6.07) is 3.26. The number of ether oxygens (including phenoxy) is 1. The van der Waals surface area contributed by atoms with Crippen LogP contribution in [-0.2, 0) is 0 Å². The van der Waals surface area contributed by atoms with Crippen LogP contribution in [0.3, 0.4) is 0 Å². The number of nitrogens with zero attached hydrogens (tertiary/aromatic N) is 3. The predicted octanol–water partition coefficient (Wildman–Crippen LogP) is 3.78. The second-order valence-corrected chi connectivity index (χ2v) is 6.73. The van der Waals surface area contributed by atoms with Crippen molar-refractivity contribution in [2.24, 2.45) is 4.99 Å². The zero-order chi connectivity index (χ0) is 19.0. The number of fused-ring (bicyclic) bond motifs is 1. The molecule has 1 amide bonds. The van der Waals surface area contributed by atoms with E-state index >= 15 is 0 Å². The third-order valence-corrected chi connectivity index (χ3v) is 4.33. The lowest BCUT2D eigenvalue weighted by Gasteiger charge is -2.04. The Morgan fingerprint density at radius 2 is 1.96 bits per heavy atom. The number of hydrogen-bond donors (Lipinski definition) is 2. The molecule has 3 rings (SSSR count). The number of aromatic amines is 1. The first-order valence-corrected chi connectivity index (χ1v) is 8.49. The quantitative estimate of drug-likeness (QED) is 0.660. The summed E-state index contributed by atoms with van der Waals surface area (Å²) in [5.41, 5.74) is 1.37. The second kappa shape index (κ2) is 7.01. The summed E-state index contributed by atoms with van der Waals surface area (Å²) in [6.45, 7) is 3.98. The number of pyridine rings is 1. The molecule has 0 spiro atoms. The molecule has 2 heterocycles. The van der Waals surface area contributed by atoms with Crippen LogP contribution in [0.1, 0.15) is 35.9 Å². The Morgan fingerprint density at radius 3 is 2.54 bits per heavy atom. The molecule has 9 heteroatoms. The van der Waals surface area contributed by atoms with E-state index in [1.165, 1.54) is 12.4 Å². The molecule has 3 aromatic rings. The molecule has 136 valence electrons. The number of imidazole rings is 1. The number of hydrogen-bond acceptors (Lipinski definition) is 4. The standard InChI is InChI=1S/C17H16Cl2N4O3/c1-8(2)16-20-13-9(4-5-12(26-3)15(13)21-16)17(24)22-14-10(18)6-23(25)7-11(14)19/h4-8,25H,1-3H3,(H,20,21). The van der Waals surface area contributed by atoms with Crippen LogP contribution in [0, 0.1) is 0 Å². The highest BCUT2D eigenvalue weighted by Crippen LogP contribution is 2.29. The summed E-state index contributed by atoms with van der Waals surface area (Å²) in [7, 11) is 1.55. The molecular weight excluding hydrogens is 379 g/mol. The van der Waals surface area contributed by atoms with Gasteiger partial charge in [-0.25, -0.2) is 9.98 Å². The van der Waals surface area contributed by atoms with Crippen LogP contribution in [-0.4, -0.2) is 32.9 Å². The van der Waals surface area contributed by atoms with Gasteiger partial charge in [0.1, 0.15) is 28.0 Å². The van der Waals surface area contributed by atoms with Gasteiger partial charge in [0, 0.05) is 5.92 Å². The Morgan fingerprint density at radius 1 is 1.31 bits per heavy atom. The van der Waals surface area contributed by atoms with E-state index in [9.17, 15) is 10.0 Å². The molecule has 0 aliphatic rings. The molecule has 2 aromatic heterocycles. The Kier molecular flexibility index (Phi) is 4.93. The van der Waals surface area contributed by atoms with Gasteiger partial charge in [-0.2, -0.15) is 4.73 Å². The maximum atomic E-state index is 12.7. The van der Waals surface area contributed by atoms with Crippen molar-refractivity contribution >= 4 is 40.1 Å². The molecule has 26 heavy (non-hydrogen) atoms. The zero-order valence-corrected chi connectivity index (χ0v) is 15.8. The van der Waals surface area contributed by atoms with Crippen LogP contribution in [0.2, 0.25) is 10.0 Å². The number of carbonyl (C=O) groups is 1. The summed E-state index contributed by atoms with van der Waals surface area (Å²) in [5.74, 6) is 0.896. The average molecular weight is 395 g/mol. The lowest BCUT2D eigenvalue weighted by Crippen LogP contribution is -2.12. The van der Waals surface area contributed by atoms with Crippen LogP contribution in [0.15, 0.2) is 29.5 Å². The molecule has 0 atom stereocenters. The Bertz CT molecular complexity index is 1040. The maximum absolute atomic E-state index is 12.7. The summed E-state index contributed by atoms with van der Waals surface area (Å²) in [4.78, 5) is 24.5. The van der Waals surface area contributed by atoms with Crippen molar-refractivity contribution in [3.8, 4) is 5.75 Å². The number of H-pyrrole nitrogens is 1. The fourth-order valence-electron chi connectivity index (χ4n) is 2.48. The van der Waals surface area contributed by atoms with Crippen LogP contribution in [0.25, 0.3) is 11.0 Å². The van der Waals surface area contributed by atoms with Gasteiger partial charge in [0.05, 0.1) is 35.1 Å². The maximum Gasteiger partial charge on any atom is 0.279 e. The van der Waals surface area contributed by atoms with Crippen molar-refractivity contribution in [2.45, 2.75) is 19.8 Å². The molecule has 0 saturated heterocycles. The molecule has 0 aliphatic heterocycles. The van der Waals surface area contributed by atoms with Crippen LogP contribution in [0.5, 0.6) is 5.75 Å². The fraction of sp³-hybridized carbons (Fsp3) is 0.235. The summed E-state index contributed by atoms with van der Waals surface area (Å²) in [6.07, 6.45) is 2.38. The number of halogens is 2. The van der Waals surface area contributed by atoms with E-state index in [2.05, 4.69) is 15.0 Å². The number of rotatable bonds is 3. The Labute approximate surface area is 158 Å². The number of amides is 1. The first-order chi connectivity index (χ1) is 12.3. The molecule has 0 bridgehead atoms. The minimum atomic E-state index is -0.557. The number of benzene rings is 1. The van der Waals surface area contributed by atoms with E-state index in [1.807, 2.05) is 13.8 Å². The van der Waals surface area contributed by atoms with Gasteiger partial charge in [0.25, 0.3) is 5.91 Å². The minimum Gasteiger partial charge on any atom is -0.494 e. The number of aromatic nitrogens is 3. The highest BCUT2D eigenvalue weighted by atomic mass is 35.5. The normalized spacial score (nSPS) is 11.2. The van der Waals surface area contributed by atoms with E-state index in [4.69, 9.17) is 27.9 Å². The van der Waals surface area contributed by atoms with Gasteiger partial charge < -0.3 is 14.9 Å². The van der Waals surface area contributed by atoms with Crippen molar-refractivity contribution in [1.82, 2.24) is 14.7 Å². The van der Waals surface area contributed by atoms with Gasteiger partial charge >= 0.3 is 0 Å². The molecular formula is C17H16Cl2N4O3. The molecule has 2 N–H and O–H groups in total. The van der Waals surface area contributed by atoms with Crippen molar-refractivity contribution in [1.29, 1.82) is 0 Å². The van der Waals surface area contributed by atoms with Gasteiger partial charge in [-0.05, 0) is 12.1 Å². The van der Waals surface area contributed by atoms with E-state index in [-0.39, 0.29) is 26.9 Å². The van der Waals surface area contributed by atoms with E-state index in [0.29, 0.717) is 21.5 Å². The highest BCUT2D eigenvalue weighted by Gasteiger charge is 2.18. The summed E-state index contributed by atoms with van der Waals surface area (Å²) in [5, 5.41) is 9.58. The fourth-order valence-corrected chi connectivity index (χ4v) is 3.01. The lowest BCUT2D eigenvalue weighted by atomic mass is 10.1. The van der Waals surface area contributed by atoms with Crippen molar-refractivity contribution in [3.05, 3.63) is 51.3 Å². The third-order valence-electron chi connectivity index (χ3n) is 3.78. The smallest absolute Gasteiger partial charge is 0.279 e. The molecule has 0 unspecified atom stereocenters. The van der Waals surface area contributed by atoms with Crippen LogP contribution in [0.4, 0.5) is 0 Å². The largest absolute Gasteiger partial charge is 0.494 e. The van der Waals surface area contributed by atoms with Gasteiger partial charge in [-0.3, -0.25) is 4.79 Å². The van der Waals surface area contributed by atoms with Crippen LogP contribution < -0.4 is 10.1 Å². The zero-order valence-electron chi connectivity index (χ0n) is 14.2. The molecule has 0 aliphatic carbocycles. The molecule has 1 aromatic carbocycles. The van der Waals surface area contributed by atoms with Gasteiger partial charge in [0.2, 0.25) is 0 Å². The average Bonchev–Trinajstić information content (AvgIpc) is 3.02. The van der Waals surface area contributed by atoms with Gasteiger partial charge in [0.15, 0.2) is 0 Å². The van der Waals surface area contributed by atoms with E-state index in [1.54, 1.807) is 19.2 Å². The van der Waals surface area contributed by atoms with Crippen molar-refractivity contribution in [3.63, 3.8) is 0 Å². The Balaban J connectivity index is 2.20. The number of nitrogens with one attached hydrogen (secondary N) is 1. The second-order valence-electron chi connectivity index (χ2n) is 5.92. The van der Waals surface area contributed by atoms with E-state index in [0.717, 1.165) is 5.82 Å². The Hall–Kier alpha value is -2.51.